The maximum Gasteiger partial charge on any atom is 0.266 e. The second-order valence-corrected chi connectivity index (χ2v) is 4.49. The normalized spacial score (nSPS) is 10.8. The van der Waals surface area contributed by atoms with Crippen LogP contribution in [0, 0.1) is 24.1 Å². The summed E-state index contributed by atoms with van der Waals surface area (Å²) in [5.74, 6) is -0.934. The van der Waals surface area contributed by atoms with Crippen molar-refractivity contribution in [1.29, 1.82) is 5.26 Å². The van der Waals surface area contributed by atoms with Crippen LogP contribution in [0.3, 0.4) is 0 Å². The van der Waals surface area contributed by atoms with Gasteiger partial charge >= 0.3 is 0 Å². The van der Waals surface area contributed by atoms with Crippen molar-refractivity contribution in [3.05, 3.63) is 71.0 Å². The molecular formula is C17H13FN2O. The largest absolute Gasteiger partial charge is 0.321 e. The number of hydrogen-bond acceptors (Lipinski definition) is 2. The topological polar surface area (TPSA) is 52.9 Å². The molecule has 1 amide bonds. The summed E-state index contributed by atoms with van der Waals surface area (Å²) in [6, 6.07) is 14.8. The summed E-state index contributed by atoms with van der Waals surface area (Å²) in [5.41, 5.74) is 1.92. The number of para-hydroxylation sites is 1. The highest BCUT2D eigenvalue weighted by Gasteiger charge is 2.10. The van der Waals surface area contributed by atoms with Crippen molar-refractivity contribution in [2.45, 2.75) is 6.92 Å². The van der Waals surface area contributed by atoms with Crippen LogP contribution in [0.15, 0.2) is 54.1 Å². The van der Waals surface area contributed by atoms with E-state index < -0.39 is 11.7 Å². The smallest absolute Gasteiger partial charge is 0.266 e. The van der Waals surface area contributed by atoms with Gasteiger partial charge in [0.25, 0.3) is 5.91 Å². The molecule has 2 aromatic rings. The minimum Gasteiger partial charge on any atom is -0.321 e. The number of hydrogen-bond donors (Lipinski definition) is 1. The van der Waals surface area contributed by atoms with Crippen LogP contribution in [0.2, 0.25) is 0 Å². The van der Waals surface area contributed by atoms with E-state index in [0.29, 0.717) is 11.3 Å². The summed E-state index contributed by atoms with van der Waals surface area (Å²) in [7, 11) is 0. The summed E-state index contributed by atoms with van der Waals surface area (Å²) in [6.45, 7) is 1.86. The molecule has 104 valence electrons. The number of aryl methyl sites for hydroxylation is 1. The van der Waals surface area contributed by atoms with Gasteiger partial charge in [0, 0.05) is 5.69 Å². The van der Waals surface area contributed by atoms with Gasteiger partial charge in [-0.05, 0) is 42.3 Å². The third kappa shape index (κ3) is 3.77. The van der Waals surface area contributed by atoms with E-state index in [9.17, 15) is 9.18 Å². The quantitative estimate of drug-likeness (QED) is 0.688. The Morgan fingerprint density at radius 2 is 2.00 bits per heavy atom. The standard InChI is InChI=1S/C17H13FN2O/c1-12-5-2-3-8-16(12)20-17(21)14(11-19)9-13-6-4-7-15(18)10-13/h2-10H,1H3,(H,20,21)/b14-9+. The van der Waals surface area contributed by atoms with Crippen LogP contribution >= 0.6 is 0 Å². The van der Waals surface area contributed by atoms with Crippen molar-refractivity contribution >= 4 is 17.7 Å². The average molecular weight is 280 g/mol. The lowest BCUT2D eigenvalue weighted by Gasteiger charge is -2.07. The maximum atomic E-state index is 13.1. The van der Waals surface area contributed by atoms with Gasteiger partial charge in [0.2, 0.25) is 0 Å². The van der Waals surface area contributed by atoms with Crippen molar-refractivity contribution in [3.8, 4) is 6.07 Å². The lowest BCUT2D eigenvalue weighted by atomic mass is 10.1. The fourth-order valence-electron chi connectivity index (χ4n) is 1.81. The van der Waals surface area contributed by atoms with E-state index in [1.807, 2.05) is 25.1 Å². The van der Waals surface area contributed by atoms with E-state index in [4.69, 9.17) is 5.26 Å². The fourth-order valence-corrected chi connectivity index (χ4v) is 1.81. The first-order valence-electron chi connectivity index (χ1n) is 6.34. The van der Waals surface area contributed by atoms with E-state index >= 15 is 0 Å². The molecule has 0 aromatic heterocycles. The molecule has 0 aliphatic rings. The maximum absolute atomic E-state index is 13.1. The third-order valence-electron chi connectivity index (χ3n) is 2.92. The molecule has 0 atom stereocenters. The van der Waals surface area contributed by atoms with Gasteiger partial charge in [0.15, 0.2) is 0 Å². The van der Waals surface area contributed by atoms with E-state index in [0.717, 1.165) is 5.56 Å². The molecule has 3 nitrogen and oxygen atoms in total. The highest BCUT2D eigenvalue weighted by Crippen LogP contribution is 2.15. The molecule has 2 aromatic carbocycles. The van der Waals surface area contributed by atoms with E-state index in [1.165, 1.54) is 24.3 Å². The van der Waals surface area contributed by atoms with Crippen LogP contribution < -0.4 is 5.32 Å². The van der Waals surface area contributed by atoms with Crippen LogP contribution in [0.25, 0.3) is 6.08 Å². The second-order valence-electron chi connectivity index (χ2n) is 4.49. The highest BCUT2D eigenvalue weighted by molar-refractivity contribution is 6.09. The molecule has 21 heavy (non-hydrogen) atoms. The van der Waals surface area contributed by atoms with Gasteiger partial charge < -0.3 is 5.32 Å². The van der Waals surface area contributed by atoms with Gasteiger partial charge in [-0.2, -0.15) is 5.26 Å². The molecule has 0 fully saturated rings. The highest BCUT2D eigenvalue weighted by atomic mass is 19.1. The number of nitrogens with zero attached hydrogens (tertiary/aromatic N) is 1. The molecule has 4 heteroatoms. The van der Waals surface area contributed by atoms with Crippen molar-refractivity contribution in [3.63, 3.8) is 0 Å². The van der Waals surface area contributed by atoms with Crippen molar-refractivity contribution in [1.82, 2.24) is 0 Å². The monoisotopic (exact) mass is 280 g/mol. The average Bonchev–Trinajstić information content (AvgIpc) is 2.47. The predicted molar refractivity (Wildman–Crippen MR) is 79.8 cm³/mol. The summed E-state index contributed by atoms with van der Waals surface area (Å²) in [5, 5.41) is 11.8. The van der Waals surface area contributed by atoms with Crippen molar-refractivity contribution in [2.75, 3.05) is 5.32 Å². The molecule has 0 aliphatic carbocycles. The number of amides is 1. The van der Waals surface area contributed by atoms with Gasteiger partial charge in [0.1, 0.15) is 17.5 Å². The van der Waals surface area contributed by atoms with E-state index in [-0.39, 0.29) is 5.57 Å². The first-order chi connectivity index (χ1) is 10.1. The number of carbonyl (C=O) groups excluding carboxylic acids is 1. The van der Waals surface area contributed by atoms with Gasteiger partial charge in [-0.15, -0.1) is 0 Å². The minimum absolute atomic E-state index is 0.0798. The fraction of sp³-hybridized carbons (Fsp3) is 0.0588. The molecule has 2 rings (SSSR count). The molecule has 0 saturated carbocycles. The summed E-state index contributed by atoms with van der Waals surface area (Å²) in [6.07, 6.45) is 1.36. The molecule has 0 bridgehead atoms. The van der Waals surface area contributed by atoms with Gasteiger partial charge in [-0.3, -0.25) is 4.79 Å². The SMILES string of the molecule is Cc1ccccc1NC(=O)/C(C#N)=C/c1cccc(F)c1. The Kier molecular flexibility index (Phi) is 4.47. The summed E-state index contributed by atoms with van der Waals surface area (Å²) < 4.78 is 13.1. The van der Waals surface area contributed by atoms with Gasteiger partial charge in [-0.25, -0.2) is 4.39 Å². The zero-order chi connectivity index (χ0) is 15.2. The molecule has 0 unspecified atom stereocenters. The third-order valence-corrected chi connectivity index (χ3v) is 2.92. The molecule has 0 aliphatic heterocycles. The van der Waals surface area contributed by atoms with E-state index in [1.54, 1.807) is 18.2 Å². The Morgan fingerprint density at radius 1 is 1.24 bits per heavy atom. The van der Waals surface area contributed by atoms with Crippen molar-refractivity contribution in [2.24, 2.45) is 0 Å². The molecule has 1 N–H and O–H groups in total. The zero-order valence-electron chi connectivity index (χ0n) is 11.4. The molecular weight excluding hydrogens is 267 g/mol. The molecule has 0 spiro atoms. The Hall–Kier alpha value is -2.93. The Labute approximate surface area is 122 Å². The van der Waals surface area contributed by atoms with E-state index in [2.05, 4.69) is 5.32 Å². The first-order valence-corrected chi connectivity index (χ1v) is 6.34. The van der Waals surface area contributed by atoms with Crippen LogP contribution in [-0.4, -0.2) is 5.91 Å². The van der Waals surface area contributed by atoms with Crippen molar-refractivity contribution < 1.29 is 9.18 Å². The number of halogens is 1. The number of anilines is 1. The van der Waals surface area contributed by atoms with Gasteiger partial charge in [0.05, 0.1) is 0 Å². The lowest BCUT2D eigenvalue weighted by Crippen LogP contribution is -2.14. The van der Waals surface area contributed by atoms with Crippen LogP contribution in [0.5, 0.6) is 0 Å². The number of carbonyl (C=O) groups is 1. The summed E-state index contributed by atoms with van der Waals surface area (Å²) in [4.78, 5) is 12.1. The zero-order valence-corrected chi connectivity index (χ0v) is 11.4. The number of rotatable bonds is 3. The molecule has 0 saturated heterocycles. The predicted octanol–water partition coefficient (Wildman–Crippen LogP) is 3.68. The van der Waals surface area contributed by atoms with Crippen LogP contribution in [0.1, 0.15) is 11.1 Å². The number of nitrogens with one attached hydrogen (secondary N) is 1. The Morgan fingerprint density at radius 3 is 2.67 bits per heavy atom. The van der Waals surface area contributed by atoms with Crippen LogP contribution in [-0.2, 0) is 4.79 Å². The molecule has 0 heterocycles. The first kappa shape index (κ1) is 14.5. The molecule has 0 radical (unpaired) electrons. The second kappa shape index (κ2) is 6.49. The number of nitriles is 1. The minimum atomic E-state index is -0.518. The lowest BCUT2D eigenvalue weighted by molar-refractivity contribution is -0.112. The summed E-state index contributed by atoms with van der Waals surface area (Å²) >= 11 is 0. The Balaban J connectivity index is 2.24. The van der Waals surface area contributed by atoms with Crippen LogP contribution in [0.4, 0.5) is 10.1 Å². The van der Waals surface area contributed by atoms with Gasteiger partial charge in [-0.1, -0.05) is 30.3 Å². The Bertz CT molecular complexity index is 744. The number of benzene rings is 2.